The van der Waals surface area contributed by atoms with Crippen LogP contribution in [-0.4, -0.2) is 33.2 Å². The van der Waals surface area contributed by atoms with Crippen molar-refractivity contribution >= 4 is 27.8 Å². The summed E-state index contributed by atoms with van der Waals surface area (Å²) in [6.45, 7) is 0. The lowest BCUT2D eigenvalue weighted by molar-refractivity contribution is -0.145. The summed E-state index contributed by atoms with van der Waals surface area (Å²) in [4.78, 5) is 24.5. The van der Waals surface area contributed by atoms with E-state index in [0.717, 1.165) is 10.0 Å². The lowest BCUT2D eigenvalue weighted by Crippen LogP contribution is -2.34. The van der Waals surface area contributed by atoms with Crippen LogP contribution < -0.4 is 14.8 Å². The van der Waals surface area contributed by atoms with Crippen molar-refractivity contribution in [1.82, 2.24) is 5.32 Å². The maximum absolute atomic E-state index is 12.4. The van der Waals surface area contributed by atoms with E-state index < -0.39 is 12.0 Å². The van der Waals surface area contributed by atoms with Gasteiger partial charge in [-0.25, -0.2) is 4.79 Å². The molecule has 0 saturated heterocycles. The number of nitrogens with one attached hydrogen (secondary N) is 1. The summed E-state index contributed by atoms with van der Waals surface area (Å²) < 4.78 is 16.2. The Morgan fingerprint density at radius 1 is 1.00 bits per heavy atom. The first-order valence-corrected chi connectivity index (χ1v) is 9.11. The number of aryl methyl sites for hydroxylation is 1. The topological polar surface area (TPSA) is 73.9 Å². The second-order valence-corrected chi connectivity index (χ2v) is 6.68. The molecule has 1 N–H and O–H groups in total. The molecular weight excluding hydrogens is 414 g/mol. The molecule has 7 heteroatoms. The molecule has 2 aromatic carbocycles. The molecule has 0 radical (unpaired) electrons. The van der Waals surface area contributed by atoms with E-state index in [0.29, 0.717) is 23.5 Å². The number of amides is 1. The van der Waals surface area contributed by atoms with Crippen LogP contribution in [0.15, 0.2) is 46.9 Å². The zero-order valence-corrected chi connectivity index (χ0v) is 17.0. The molecule has 1 amide bonds. The van der Waals surface area contributed by atoms with Crippen LogP contribution in [0.25, 0.3) is 0 Å². The third-order valence-electron chi connectivity index (χ3n) is 4.03. The van der Waals surface area contributed by atoms with Gasteiger partial charge in [-0.15, -0.1) is 0 Å². The Kier molecular flexibility index (Phi) is 7.67. The summed E-state index contributed by atoms with van der Waals surface area (Å²) in [5.74, 6) is 0.476. The van der Waals surface area contributed by atoms with Gasteiger partial charge in [-0.2, -0.15) is 0 Å². The summed E-state index contributed by atoms with van der Waals surface area (Å²) in [5.41, 5.74) is 1.59. The van der Waals surface area contributed by atoms with Crippen LogP contribution in [-0.2, 0) is 20.7 Å². The summed E-state index contributed by atoms with van der Waals surface area (Å²) in [7, 11) is 4.43. The predicted octanol–water partition coefficient (Wildman–Crippen LogP) is 3.43. The summed E-state index contributed by atoms with van der Waals surface area (Å²) in [6, 6.07) is 11.8. The molecule has 0 heterocycles. The Morgan fingerprint density at radius 2 is 1.67 bits per heavy atom. The van der Waals surface area contributed by atoms with E-state index in [1.807, 2.05) is 12.1 Å². The lowest BCUT2D eigenvalue weighted by Gasteiger charge is -2.17. The molecule has 2 aromatic rings. The zero-order valence-electron chi connectivity index (χ0n) is 15.5. The van der Waals surface area contributed by atoms with Gasteiger partial charge in [-0.1, -0.05) is 34.1 Å². The highest BCUT2D eigenvalue weighted by Crippen LogP contribution is 2.28. The van der Waals surface area contributed by atoms with Crippen LogP contribution in [0.3, 0.4) is 0 Å². The van der Waals surface area contributed by atoms with E-state index in [9.17, 15) is 9.59 Å². The van der Waals surface area contributed by atoms with E-state index in [1.54, 1.807) is 44.6 Å². The average molecular weight is 436 g/mol. The predicted molar refractivity (Wildman–Crippen MR) is 105 cm³/mol. The monoisotopic (exact) mass is 435 g/mol. The average Bonchev–Trinajstić information content (AvgIpc) is 2.70. The minimum atomic E-state index is -0.846. The fourth-order valence-corrected chi connectivity index (χ4v) is 2.84. The molecule has 6 nitrogen and oxygen atoms in total. The fourth-order valence-electron chi connectivity index (χ4n) is 2.58. The van der Waals surface area contributed by atoms with Gasteiger partial charge in [0, 0.05) is 10.9 Å². The van der Waals surface area contributed by atoms with Gasteiger partial charge >= 0.3 is 5.97 Å². The minimum Gasteiger partial charge on any atom is -0.493 e. The number of halogens is 1. The van der Waals surface area contributed by atoms with Gasteiger partial charge in [-0.3, -0.25) is 4.79 Å². The number of hydrogen-bond donors (Lipinski definition) is 1. The largest absolute Gasteiger partial charge is 0.493 e. The first-order valence-electron chi connectivity index (χ1n) is 8.32. The van der Waals surface area contributed by atoms with Gasteiger partial charge in [0.1, 0.15) is 0 Å². The highest BCUT2D eigenvalue weighted by atomic mass is 79.9. The van der Waals surface area contributed by atoms with Crippen molar-refractivity contribution in [2.75, 3.05) is 21.3 Å². The molecule has 0 aliphatic carbocycles. The second-order valence-electron chi connectivity index (χ2n) is 5.76. The Hall–Kier alpha value is -2.54. The molecule has 0 aliphatic rings. The molecule has 0 saturated carbocycles. The summed E-state index contributed by atoms with van der Waals surface area (Å²) in [5, 5.41) is 2.74. The zero-order chi connectivity index (χ0) is 19.8. The van der Waals surface area contributed by atoms with Crippen LogP contribution in [0.1, 0.15) is 23.6 Å². The first kappa shape index (κ1) is 20.8. The van der Waals surface area contributed by atoms with Gasteiger partial charge < -0.3 is 19.5 Å². The lowest BCUT2D eigenvalue weighted by atomic mass is 10.1. The molecule has 0 aromatic heterocycles. The van der Waals surface area contributed by atoms with E-state index in [-0.39, 0.29) is 12.3 Å². The van der Waals surface area contributed by atoms with E-state index in [2.05, 4.69) is 21.2 Å². The fraction of sp³-hybridized carbons (Fsp3) is 0.300. The van der Waals surface area contributed by atoms with Crippen molar-refractivity contribution in [3.05, 3.63) is 58.1 Å². The first-order chi connectivity index (χ1) is 13.0. The molecular formula is C20H22BrNO5. The molecule has 0 fully saturated rings. The van der Waals surface area contributed by atoms with Gasteiger partial charge in [0.25, 0.3) is 0 Å². The smallest absolute Gasteiger partial charge is 0.333 e. The number of carbonyl (C=O) groups is 2. The Balaban J connectivity index is 2.03. The Bertz CT molecular complexity index is 791. The Morgan fingerprint density at radius 3 is 2.26 bits per heavy atom. The normalized spacial score (nSPS) is 11.4. The van der Waals surface area contributed by atoms with Gasteiger partial charge in [0.15, 0.2) is 17.5 Å². The minimum absolute atomic E-state index is 0.222. The van der Waals surface area contributed by atoms with E-state index in [1.165, 1.54) is 7.11 Å². The molecule has 1 atom stereocenters. The summed E-state index contributed by atoms with van der Waals surface area (Å²) >= 11 is 3.35. The van der Waals surface area contributed by atoms with Crippen LogP contribution >= 0.6 is 15.9 Å². The Labute approximate surface area is 166 Å². The van der Waals surface area contributed by atoms with Crippen molar-refractivity contribution in [3.63, 3.8) is 0 Å². The van der Waals surface area contributed by atoms with E-state index in [4.69, 9.17) is 14.2 Å². The van der Waals surface area contributed by atoms with Crippen LogP contribution in [0.5, 0.6) is 11.5 Å². The molecule has 144 valence electrons. The standard InChI is InChI=1S/C20H22BrNO5/c1-25-16-10-4-13(12-17(16)26-2)5-11-18(23)22-19(20(24)27-3)14-6-8-15(21)9-7-14/h4,6-10,12,19H,5,11H2,1-3H3,(H,22,23). The molecule has 2 rings (SSSR count). The third-order valence-corrected chi connectivity index (χ3v) is 4.56. The van der Waals surface area contributed by atoms with Crippen molar-refractivity contribution in [3.8, 4) is 11.5 Å². The number of methoxy groups -OCH3 is 3. The summed E-state index contributed by atoms with van der Waals surface area (Å²) in [6.07, 6.45) is 0.722. The SMILES string of the molecule is COC(=O)C(NC(=O)CCc1ccc(OC)c(OC)c1)c1ccc(Br)cc1. The van der Waals surface area contributed by atoms with Crippen LogP contribution in [0.4, 0.5) is 0 Å². The number of carbonyl (C=O) groups excluding carboxylic acids is 2. The van der Waals surface area contributed by atoms with Gasteiger partial charge in [-0.05, 0) is 41.8 Å². The van der Waals surface area contributed by atoms with Crippen LogP contribution in [0.2, 0.25) is 0 Å². The van der Waals surface area contributed by atoms with Crippen LogP contribution in [0, 0.1) is 0 Å². The number of ether oxygens (including phenoxy) is 3. The van der Waals surface area contributed by atoms with Gasteiger partial charge in [0.2, 0.25) is 5.91 Å². The molecule has 27 heavy (non-hydrogen) atoms. The second kappa shape index (κ2) is 9.97. The number of benzene rings is 2. The third kappa shape index (κ3) is 5.72. The number of esters is 1. The van der Waals surface area contributed by atoms with Gasteiger partial charge in [0.05, 0.1) is 21.3 Å². The maximum atomic E-state index is 12.4. The quantitative estimate of drug-likeness (QED) is 0.642. The molecule has 0 aliphatic heterocycles. The molecule has 0 bridgehead atoms. The maximum Gasteiger partial charge on any atom is 0.333 e. The molecule has 1 unspecified atom stereocenters. The molecule has 0 spiro atoms. The van der Waals surface area contributed by atoms with E-state index >= 15 is 0 Å². The number of rotatable bonds is 8. The van der Waals surface area contributed by atoms with Crippen molar-refractivity contribution in [2.24, 2.45) is 0 Å². The highest BCUT2D eigenvalue weighted by molar-refractivity contribution is 9.10. The van der Waals surface area contributed by atoms with Crippen molar-refractivity contribution < 1.29 is 23.8 Å². The highest BCUT2D eigenvalue weighted by Gasteiger charge is 2.23. The van der Waals surface area contributed by atoms with Crippen molar-refractivity contribution in [2.45, 2.75) is 18.9 Å². The number of hydrogen-bond acceptors (Lipinski definition) is 5. The van der Waals surface area contributed by atoms with Crippen molar-refractivity contribution in [1.29, 1.82) is 0 Å².